The number of ether oxygens (including phenoxy) is 1. The highest BCUT2D eigenvalue weighted by atomic mass is 19.1. The minimum absolute atomic E-state index is 0.0881. The third-order valence-electron chi connectivity index (χ3n) is 3.26. The SMILES string of the molecule is CCN(C(=O)COc1c(F)cccc1CN)C1CC1. The van der Waals surface area contributed by atoms with Crippen molar-refractivity contribution < 1.29 is 13.9 Å². The molecule has 1 aromatic carbocycles. The second-order valence-corrected chi connectivity index (χ2v) is 4.63. The van der Waals surface area contributed by atoms with E-state index in [1.165, 1.54) is 6.07 Å². The molecular formula is C14H19FN2O2. The zero-order valence-corrected chi connectivity index (χ0v) is 11.1. The van der Waals surface area contributed by atoms with Gasteiger partial charge in [-0.1, -0.05) is 12.1 Å². The largest absolute Gasteiger partial charge is 0.480 e. The number of rotatable bonds is 6. The first kappa shape index (κ1) is 13.8. The lowest BCUT2D eigenvalue weighted by Crippen LogP contribution is -2.36. The lowest BCUT2D eigenvalue weighted by molar-refractivity contribution is -0.133. The highest BCUT2D eigenvalue weighted by Gasteiger charge is 2.31. The average molecular weight is 266 g/mol. The van der Waals surface area contributed by atoms with Gasteiger partial charge in [0.05, 0.1) is 0 Å². The van der Waals surface area contributed by atoms with Gasteiger partial charge < -0.3 is 15.4 Å². The van der Waals surface area contributed by atoms with Crippen molar-refractivity contribution in [1.29, 1.82) is 0 Å². The Balaban J connectivity index is 2.00. The fourth-order valence-electron chi connectivity index (χ4n) is 2.12. The van der Waals surface area contributed by atoms with Crippen LogP contribution in [0.5, 0.6) is 5.75 Å². The summed E-state index contributed by atoms with van der Waals surface area (Å²) in [4.78, 5) is 13.8. The van der Waals surface area contributed by atoms with E-state index in [9.17, 15) is 9.18 Å². The third kappa shape index (κ3) is 3.23. The molecule has 0 spiro atoms. The highest BCUT2D eigenvalue weighted by molar-refractivity contribution is 5.78. The molecule has 19 heavy (non-hydrogen) atoms. The van der Waals surface area contributed by atoms with E-state index in [2.05, 4.69) is 0 Å². The zero-order valence-electron chi connectivity index (χ0n) is 11.1. The summed E-state index contributed by atoms with van der Waals surface area (Å²) >= 11 is 0. The molecule has 0 bridgehead atoms. The molecule has 1 aliphatic carbocycles. The smallest absolute Gasteiger partial charge is 0.260 e. The van der Waals surface area contributed by atoms with Crippen LogP contribution in [-0.4, -0.2) is 30.0 Å². The number of halogens is 1. The monoisotopic (exact) mass is 266 g/mol. The van der Waals surface area contributed by atoms with E-state index in [-0.39, 0.29) is 24.8 Å². The van der Waals surface area contributed by atoms with Gasteiger partial charge in [-0.2, -0.15) is 0 Å². The fourth-order valence-corrected chi connectivity index (χ4v) is 2.12. The number of likely N-dealkylation sites (N-methyl/N-ethyl adjacent to an activating group) is 1. The van der Waals surface area contributed by atoms with Crippen LogP contribution in [0.2, 0.25) is 0 Å². The number of para-hydroxylation sites is 1. The van der Waals surface area contributed by atoms with Gasteiger partial charge in [0.25, 0.3) is 5.91 Å². The Kier molecular flexibility index (Phi) is 4.37. The van der Waals surface area contributed by atoms with Crippen molar-refractivity contribution in [3.05, 3.63) is 29.6 Å². The molecule has 1 amide bonds. The number of carbonyl (C=O) groups is 1. The van der Waals surface area contributed by atoms with E-state index < -0.39 is 5.82 Å². The van der Waals surface area contributed by atoms with Gasteiger partial charge in [0, 0.05) is 24.7 Å². The molecule has 0 radical (unpaired) electrons. The highest BCUT2D eigenvalue weighted by Crippen LogP contribution is 2.27. The van der Waals surface area contributed by atoms with Gasteiger partial charge in [-0.15, -0.1) is 0 Å². The Morgan fingerprint density at radius 2 is 2.26 bits per heavy atom. The first-order chi connectivity index (χ1) is 9.17. The first-order valence-corrected chi connectivity index (χ1v) is 6.57. The molecule has 0 aliphatic heterocycles. The predicted molar refractivity (Wildman–Crippen MR) is 70.2 cm³/mol. The molecule has 1 aliphatic rings. The summed E-state index contributed by atoms with van der Waals surface area (Å²) in [6.07, 6.45) is 2.10. The van der Waals surface area contributed by atoms with Crippen molar-refractivity contribution in [2.45, 2.75) is 32.4 Å². The summed E-state index contributed by atoms with van der Waals surface area (Å²) in [7, 11) is 0. The maximum atomic E-state index is 13.6. The topological polar surface area (TPSA) is 55.6 Å². The number of benzene rings is 1. The lowest BCUT2D eigenvalue weighted by atomic mass is 10.2. The minimum atomic E-state index is -0.481. The number of hydrogen-bond donors (Lipinski definition) is 1. The molecule has 0 unspecified atom stereocenters. The van der Waals surface area contributed by atoms with Gasteiger partial charge in [0.1, 0.15) is 0 Å². The van der Waals surface area contributed by atoms with Gasteiger partial charge in [-0.05, 0) is 25.8 Å². The predicted octanol–water partition coefficient (Wildman–Crippen LogP) is 1.67. The van der Waals surface area contributed by atoms with Crippen molar-refractivity contribution in [1.82, 2.24) is 4.90 Å². The van der Waals surface area contributed by atoms with E-state index in [0.29, 0.717) is 18.2 Å². The van der Waals surface area contributed by atoms with Crippen LogP contribution in [0.1, 0.15) is 25.3 Å². The average Bonchev–Trinajstić information content (AvgIpc) is 3.22. The van der Waals surface area contributed by atoms with Crippen LogP contribution < -0.4 is 10.5 Å². The van der Waals surface area contributed by atoms with Crippen molar-refractivity contribution >= 4 is 5.91 Å². The molecular weight excluding hydrogens is 247 g/mol. The molecule has 2 rings (SSSR count). The van der Waals surface area contributed by atoms with Crippen molar-refractivity contribution in [3.8, 4) is 5.75 Å². The molecule has 1 aromatic rings. The van der Waals surface area contributed by atoms with Crippen LogP contribution in [0, 0.1) is 5.82 Å². The van der Waals surface area contributed by atoms with Crippen LogP contribution >= 0.6 is 0 Å². The Morgan fingerprint density at radius 3 is 2.84 bits per heavy atom. The maximum Gasteiger partial charge on any atom is 0.260 e. The Labute approximate surface area is 112 Å². The van der Waals surface area contributed by atoms with Crippen molar-refractivity contribution in [3.63, 3.8) is 0 Å². The number of hydrogen-bond acceptors (Lipinski definition) is 3. The van der Waals surface area contributed by atoms with E-state index >= 15 is 0 Å². The molecule has 1 saturated carbocycles. The van der Waals surface area contributed by atoms with Crippen LogP contribution in [-0.2, 0) is 11.3 Å². The minimum Gasteiger partial charge on any atom is -0.480 e. The Bertz CT molecular complexity index is 461. The Hall–Kier alpha value is -1.62. The molecule has 2 N–H and O–H groups in total. The normalized spacial score (nSPS) is 14.3. The number of carbonyl (C=O) groups excluding carboxylic acids is 1. The molecule has 0 atom stereocenters. The summed E-state index contributed by atoms with van der Waals surface area (Å²) in [5, 5.41) is 0. The van der Waals surface area contributed by atoms with Gasteiger partial charge in [-0.3, -0.25) is 4.79 Å². The van der Waals surface area contributed by atoms with Crippen LogP contribution in [0.3, 0.4) is 0 Å². The molecule has 1 fully saturated rings. The van der Waals surface area contributed by atoms with E-state index in [0.717, 1.165) is 12.8 Å². The van der Waals surface area contributed by atoms with Gasteiger partial charge in [0.2, 0.25) is 0 Å². The second-order valence-electron chi connectivity index (χ2n) is 4.63. The van der Waals surface area contributed by atoms with Gasteiger partial charge in [0.15, 0.2) is 18.2 Å². The van der Waals surface area contributed by atoms with E-state index in [1.807, 2.05) is 6.92 Å². The second kappa shape index (κ2) is 6.02. The zero-order chi connectivity index (χ0) is 13.8. The van der Waals surface area contributed by atoms with Gasteiger partial charge >= 0.3 is 0 Å². The molecule has 4 nitrogen and oxygen atoms in total. The lowest BCUT2D eigenvalue weighted by Gasteiger charge is -2.21. The van der Waals surface area contributed by atoms with Crippen LogP contribution in [0.25, 0.3) is 0 Å². The fraction of sp³-hybridized carbons (Fsp3) is 0.500. The molecule has 5 heteroatoms. The summed E-state index contributed by atoms with van der Waals surface area (Å²) in [6, 6.07) is 4.92. The quantitative estimate of drug-likeness (QED) is 0.852. The summed E-state index contributed by atoms with van der Waals surface area (Å²) in [6.45, 7) is 2.64. The first-order valence-electron chi connectivity index (χ1n) is 6.57. The van der Waals surface area contributed by atoms with Crippen molar-refractivity contribution in [2.75, 3.05) is 13.2 Å². The number of amides is 1. The molecule has 0 heterocycles. The molecule has 0 saturated heterocycles. The van der Waals surface area contributed by atoms with E-state index in [4.69, 9.17) is 10.5 Å². The Morgan fingerprint density at radius 1 is 1.53 bits per heavy atom. The standard InChI is InChI=1S/C14H19FN2O2/c1-2-17(11-6-7-11)13(18)9-19-14-10(8-16)4-3-5-12(14)15/h3-5,11H,2,6-9,16H2,1H3. The third-order valence-corrected chi connectivity index (χ3v) is 3.26. The summed E-state index contributed by atoms with van der Waals surface area (Å²) in [5.74, 6) is -0.494. The number of nitrogens with two attached hydrogens (primary N) is 1. The van der Waals surface area contributed by atoms with Crippen LogP contribution in [0.4, 0.5) is 4.39 Å². The summed E-state index contributed by atoms with van der Waals surface area (Å²) < 4.78 is 19.0. The summed E-state index contributed by atoms with van der Waals surface area (Å²) in [5.41, 5.74) is 6.10. The number of nitrogens with zero attached hydrogens (tertiary/aromatic N) is 1. The van der Waals surface area contributed by atoms with Crippen LogP contribution in [0.15, 0.2) is 18.2 Å². The molecule has 0 aromatic heterocycles. The molecule has 104 valence electrons. The van der Waals surface area contributed by atoms with E-state index in [1.54, 1.807) is 17.0 Å². The van der Waals surface area contributed by atoms with Crippen molar-refractivity contribution in [2.24, 2.45) is 5.73 Å². The van der Waals surface area contributed by atoms with Gasteiger partial charge in [-0.25, -0.2) is 4.39 Å². The maximum absolute atomic E-state index is 13.6.